The molecule has 2 aliphatic rings. The van der Waals surface area contributed by atoms with E-state index in [-0.39, 0.29) is 10.5 Å². The van der Waals surface area contributed by atoms with Gasteiger partial charge in [0.05, 0.1) is 18.5 Å². The van der Waals surface area contributed by atoms with Crippen molar-refractivity contribution in [2.45, 2.75) is 68.8 Å². The summed E-state index contributed by atoms with van der Waals surface area (Å²) in [5.74, 6) is -0.445. The van der Waals surface area contributed by atoms with E-state index in [1.165, 1.54) is 0 Å². The molecule has 4 nitrogen and oxygen atoms in total. The van der Waals surface area contributed by atoms with Crippen LogP contribution < -0.4 is 5.32 Å². The highest BCUT2D eigenvalue weighted by atomic mass is 32.2. The second kappa shape index (κ2) is 6.66. The number of hydrogen-bond acceptors (Lipinski definition) is 4. The smallest absolute Gasteiger partial charge is 0.169 e. The van der Waals surface area contributed by atoms with Crippen LogP contribution in [0.2, 0.25) is 0 Å². The fourth-order valence-corrected chi connectivity index (χ4v) is 4.70. The van der Waals surface area contributed by atoms with Gasteiger partial charge < -0.3 is 14.8 Å². The zero-order valence-electron chi connectivity index (χ0n) is 12.3. The highest BCUT2D eigenvalue weighted by Gasteiger charge is 2.47. The lowest BCUT2D eigenvalue weighted by Crippen LogP contribution is -2.53. The van der Waals surface area contributed by atoms with Crippen molar-refractivity contribution in [3.63, 3.8) is 0 Å². The van der Waals surface area contributed by atoms with Crippen LogP contribution in [0.15, 0.2) is 0 Å². The maximum Gasteiger partial charge on any atom is 0.169 e. The van der Waals surface area contributed by atoms with Crippen molar-refractivity contribution in [3.8, 4) is 0 Å². The first kappa shape index (κ1) is 15.4. The van der Waals surface area contributed by atoms with E-state index in [9.17, 15) is 4.21 Å². The Bertz CT molecular complexity index is 316. The molecular formula is C14H27NO3S. The second-order valence-electron chi connectivity index (χ2n) is 5.83. The molecule has 0 aromatic rings. The highest BCUT2D eigenvalue weighted by Crippen LogP contribution is 2.38. The molecule has 1 aliphatic heterocycles. The topological polar surface area (TPSA) is 47.6 Å². The summed E-state index contributed by atoms with van der Waals surface area (Å²) in [6.07, 6.45) is 3.78. The lowest BCUT2D eigenvalue weighted by atomic mass is 9.89. The minimum Gasteiger partial charge on any atom is -0.347 e. The molecule has 0 aromatic carbocycles. The lowest BCUT2D eigenvalue weighted by Gasteiger charge is -2.41. The Kier molecular flexibility index (Phi) is 5.40. The van der Waals surface area contributed by atoms with Crippen LogP contribution in [-0.4, -0.2) is 46.3 Å². The maximum atomic E-state index is 12.6. The summed E-state index contributed by atoms with van der Waals surface area (Å²) in [5.41, 5.74) is 0. The average molecular weight is 289 g/mol. The van der Waals surface area contributed by atoms with E-state index in [4.69, 9.17) is 9.47 Å². The SMILES string of the molecule is CCCNC1CCC2(CC1S(=O)C(C)C)OCCO2. The number of ether oxygens (including phenoxy) is 2. The van der Waals surface area contributed by atoms with Crippen LogP contribution in [0.5, 0.6) is 0 Å². The molecule has 0 aromatic heterocycles. The van der Waals surface area contributed by atoms with Crippen LogP contribution in [0.1, 0.15) is 46.5 Å². The third-order valence-corrected chi connectivity index (χ3v) is 6.05. The lowest BCUT2D eigenvalue weighted by molar-refractivity contribution is -0.178. The number of hydrogen-bond donors (Lipinski definition) is 1. The quantitative estimate of drug-likeness (QED) is 0.838. The Morgan fingerprint density at radius 2 is 2.05 bits per heavy atom. The largest absolute Gasteiger partial charge is 0.347 e. The first-order chi connectivity index (χ1) is 9.08. The van der Waals surface area contributed by atoms with Gasteiger partial charge in [0, 0.05) is 34.9 Å². The Labute approximate surface area is 119 Å². The molecule has 1 aliphatic carbocycles. The third-order valence-electron chi connectivity index (χ3n) is 4.03. The van der Waals surface area contributed by atoms with Crippen molar-refractivity contribution in [2.24, 2.45) is 0 Å². The van der Waals surface area contributed by atoms with E-state index in [0.717, 1.165) is 32.2 Å². The van der Waals surface area contributed by atoms with Crippen LogP contribution in [0.4, 0.5) is 0 Å². The molecule has 3 atom stereocenters. The number of rotatable bonds is 5. The van der Waals surface area contributed by atoms with Crippen molar-refractivity contribution >= 4 is 10.8 Å². The molecule has 19 heavy (non-hydrogen) atoms. The van der Waals surface area contributed by atoms with Gasteiger partial charge in [-0.05, 0) is 19.4 Å². The highest BCUT2D eigenvalue weighted by molar-refractivity contribution is 7.86. The van der Waals surface area contributed by atoms with Crippen molar-refractivity contribution in [1.82, 2.24) is 5.32 Å². The van der Waals surface area contributed by atoms with E-state index in [2.05, 4.69) is 12.2 Å². The molecule has 2 fully saturated rings. The van der Waals surface area contributed by atoms with Crippen LogP contribution >= 0.6 is 0 Å². The number of nitrogens with one attached hydrogen (secondary N) is 1. The Hall–Kier alpha value is 0.0300. The molecule has 3 unspecified atom stereocenters. The second-order valence-corrected chi connectivity index (χ2v) is 8.03. The molecule has 0 amide bonds. The molecule has 0 radical (unpaired) electrons. The van der Waals surface area contributed by atoms with Gasteiger partial charge in [-0.15, -0.1) is 0 Å². The summed E-state index contributed by atoms with van der Waals surface area (Å²) in [4.78, 5) is 0. The minimum atomic E-state index is -0.836. The predicted molar refractivity (Wildman–Crippen MR) is 77.6 cm³/mol. The van der Waals surface area contributed by atoms with Crippen molar-refractivity contribution in [1.29, 1.82) is 0 Å². The summed E-state index contributed by atoms with van der Waals surface area (Å²) in [6.45, 7) is 8.57. The van der Waals surface area contributed by atoms with Crippen LogP contribution in [0, 0.1) is 0 Å². The van der Waals surface area contributed by atoms with Crippen LogP contribution in [0.3, 0.4) is 0 Å². The van der Waals surface area contributed by atoms with Crippen LogP contribution in [-0.2, 0) is 20.3 Å². The molecule has 1 heterocycles. The molecule has 1 N–H and O–H groups in total. The van der Waals surface area contributed by atoms with Gasteiger partial charge >= 0.3 is 0 Å². The molecule has 5 heteroatoms. The van der Waals surface area contributed by atoms with E-state index in [1.54, 1.807) is 0 Å². The zero-order chi connectivity index (χ0) is 13.9. The molecule has 1 spiro atoms. The van der Waals surface area contributed by atoms with Crippen molar-refractivity contribution < 1.29 is 13.7 Å². The standard InChI is InChI=1S/C14H27NO3S/c1-4-7-15-12-5-6-14(17-8-9-18-14)10-13(12)19(16)11(2)3/h11-13,15H,4-10H2,1-3H3. The molecule has 1 saturated heterocycles. The first-order valence-corrected chi connectivity index (χ1v) is 8.76. The molecule has 2 rings (SSSR count). The monoisotopic (exact) mass is 289 g/mol. The van der Waals surface area contributed by atoms with Gasteiger partial charge in [0.2, 0.25) is 0 Å². The summed E-state index contributed by atoms with van der Waals surface area (Å²) < 4.78 is 24.2. The van der Waals surface area contributed by atoms with Gasteiger partial charge in [-0.3, -0.25) is 4.21 Å². The van der Waals surface area contributed by atoms with E-state index < -0.39 is 16.6 Å². The van der Waals surface area contributed by atoms with E-state index >= 15 is 0 Å². The molecule has 112 valence electrons. The van der Waals surface area contributed by atoms with Gasteiger partial charge in [-0.1, -0.05) is 20.8 Å². The normalized spacial score (nSPS) is 32.0. The van der Waals surface area contributed by atoms with E-state index in [0.29, 0.717) is 19.3 Å². The fraction of sp³-hybridized carbons (Fsp3) is 1.00. The minimum absolute atomic E-state index is 0.137. The van der Waals surface area contributed by atoms with Gasteiger partial charge in [0.25, 0.3) is 0 Å². The third kappa shape index (κ3) is 3.57. The zero-order valence-corrected chi connectivity index (χ0v) is 13.1. The first-order valence-electron chi connectivity index (χ1n) is 7.48. The molecule has 1 saturated carbocycles. The summed E-state index contributed by atoms with van der Waals surface area (Å²) in [6, 6.07) is 0.335. The van der Waals surface area contributed by atoms with Gasteiger partial charge in [0.1, 0.15) is 0 Å². The van der Waals surface area contributed by atoms with E-state index in [1.807, 2.05) is 13.8 Å². The predicted octanol–water partition coefficient (Wildman–Crippen LogP) is 1.81. The van der Waals surface area contributed by atoms with Crippen molar-refractivity contribution in [3.05, 3.63) is 0 Å². The van der Waals surface area contributed by atoms with Gasteiger partial charge in [0.15, 0.2) is 5.79 Å². The fourth-order valence-electron chi connectivity index (χ4n) is 3.03. The summed E-state index contributed by atoms with van der Waals surface area (Å²) in [5, 5.41) is 3.88. The Morgan fingerprint density at radius 1 is 1.37 bits per heavy atom. The summed E-state index contributed by atoms with van der Waals surface area (Å²) in [7, 11) is -0.836. The molecule has 0 bridgehead atoms. The molecular weight excluding hydrogens is 262 g/mol. The maximum absolute atomic E-state index is 12.6. The van der Waals surface area contributed by atoms with Gasteiger partial charge in [-0.2, -0.15) is 0 Å². The summed E-state index contributed by atoms with van der Waals surface area (Å²) >= 11 is 0. The van der Waals surface area contributed by atoms with Gasteiger partial charge in [-0.25, -0.2) is 0 Å². The Balaban J connectivity index is 2.06. The van der Waals surface area contributed by atoms with Crippen LogP contribution in [0.25, 0.3) is 0 Å². The Morgan fingerprint density at radius 3 is 2.63 bits per heavy atom. The van der Waals surface area contributed by atoms with Crippen molar-refractivity contribution in [2.75, 3.05) is 19.8 Å². The average Bonchev–Trinajstić information content (AvgIpc) is 2.84.